The van der Waals surface area contributed by atoms with Gasteiger partial charge in [0.15, 0.2) is 0 Å². The molecule has 60 valence electrons. The Kier molecular flexibility index (Phi) is 3.38. The van der Waals surface area contributed by atoms with Crippen molar-refractivity contribution in [2.45, 2.75) is 19.8 Å². The molecule has 5 heteroatoms. The fourth-order valence-corrected chi connectivity index (χ4v) is 0.734. The minimum Gasteiger partial charge on any atom is -0.498 e. The molecule has 0 spiro atoms. The molecule has 4 nitrogen and oxygen atoms in total. The third-order valence-corrected chi connectivity index (χ3v) is 1.65. The van der Waals surface area contributed by atoms with E-state index < -0.39 is 15.1 Å². The van der Waals surface area contributed by atoms with E-state index in [2.05, 4.69) is 5.14 Å². The molecular weight excluding hydrogens is 154 g/mol. The molecule has 0 saturated heterocycles. The number of allylic oxidation sites excluding steroid dienone is 1. The molecular formula is C5H11NO3S. The maximum absolute atomic E-state index is 10.3. The highest BCUT2D eigenvalue weighted by atomic mass is 32.2. The van der Waals surface area contributed by atoms with E-state index in [1.54, 1.807) is 0 Å². The Morgan fingerprint density at radius 1 is 1.70 bits per heavy atom. The zero-order valence-corrected chi connectivity index (χ0v) is 6.56. The summed E-state index contributed by atoms with van der Waals surface area (Å²) in [5, 5.41) is 12.5. The highest BCUT2D eigenvalue weighted by Gasteiger charge is 2.06. The Morgan fingerprint density at radius 3 is 2.50 bits per heavy atom. The van der Waals surface area contributed by atoms with E-state index in [-0.39, 0.29) is 0 Å². The highest BCUT2D eigenvalue weighted by Crippen LogP contribution is 1.99. The molecule has 0 rings (SSSR count). The SMILES string of the molecule is CCC/C=C(/O)S(N)(=O)=O. The Balaban J connectivity index is 4.22. The number of sulfonamides is 1. The van der Waals surface area contributed by atoms with E-state index in [0.29, 0.717) is 6.42 Å². The van der Waals surface area contributed by atoms with Gasteiger partial charge in [-0.25, -0.2) is 13.6 Å². The van der Waals surface area contributed by atoms with Gasteiger partial charge in [-0.3, -0.25) is 0 Å². The van der Waals surface area contributed by atoms with Crippen LogP contribution in [0.5, 0.6) is 0 Å². The fourth-order valence-electron chi connectivity index (χ4n) is 0.384. The van der Waals surface area contributed by atoms with Crippen LogP contribution in [0.4, 0.5) is 0 Å². The van der Waals surface area contributed by atoms with Gasteiger partial charge >= 0.3 is 0 Å². The average molecular weight is 165 g/mol. The lowest BCUT2D eigenvalue weighted by molar-refractivity contribution is 0.436. The number of aliphatic hydroxyl groups is 1. The van der Waals surface area contributed by atoms with Gasteiger partial charge in [-0.1, -0.05) is 13.3 Å². The lowest BCUT2D eigenvalue weighted by Crippen LogP contribution is -2.14. The highest BCUT2D eigenvalue weighted by molar-refractivity contribution is 7.92. The molecule has 0 heterocycles. The minimum atomic E-state index is -3.86. The summed E-state index contributed by atoms with van der Waals surface area (Å²) in [6.45, 7) is 1.87. The number of primary sulfonamides is 1. The molecule has 0 aromatic heterocycles. The second-order valence-electron chi connectivity index (χ2n) is 1.88. The summed E-state index contributed by atoms with van der Waals surface area (Å²) in [6, 6.07) is 0. The Labute approximate surface area is 60.4 Å². The van der Waals surface area contributed by atoms with Crippen LogP contribution in [0.25, 0.3) is 0 Å². The molecule has 0 amide bonds. The Hall–Kier alpha value is -0.550. The second kappa shape index (κ2) is 3.58. The van der Waals surface area contributed by atoms with Crippen LogP contribution < -0.4 is 5.14 Å². The molecule has 0 fully saturated rings. The smallest absolute Gasteiger partial charge is 0.270 e. The normalized spacial score (nSPS) is 13.6. The van der Waals surface area contributed by atoms with Crippen LogP contribution in [0.15, 0.2) is 11.2 Å². The topological polar surface area (TPSA) is 80.4 Å². The zero-order chi connectivity index (χ0) is 8.20. The quantitative estimate of drug-likeness (QED) is 0.596. The molecule has 0 aliphatic heterocycles. The first-order chi connectivity index (χ1) is 4.48. The van der Waals surface area contributed by atoms with Crippen molar-refractivity contribution in [2.75, 3.05) is 0 Å². The van der Waals surface area contributed by atoms with Crippen LogP contribution >= 0.6 is 0 Å². The average Bonchev–Trinajstić information content (AvgIpc) is 1.80. The van der Waals surface area contributed by atoms with Crippen molar-refractivity contribution in [3.8, 4) is 0 Å². The first-order valence-corrected chi connectivity index (χ1v) is 4.45. The number of hydrogen-bond donors (Lipinski definition) is 2. The fraction of sp³-hybridized carbons (Fsp3) is 0.600. The monoisotopic (exact) mass is 165 g/mol. The van der Waals surface area contributed by atoms with Gasteiger partial charge in [0.1, 0.15) is 0 Å². The number of nitrogens with two attached hydrogens (primary N) is 1. The van der Waals surface area contributed by atoms with Gasteiger partial charge in [0.25, 0.3) is 10.0 Å². The lowest BCUT2D eigenvalue weighted by Gasteiger charge is -1.93. The van der Waals surface area contributed by atoms with E-state index in [1.807, 2.05) is 6.92 Å². The van der Waals surface area contributed by atoms with Gasteiger partial charge in [-0.2, -0.15) is 0 Å². The van der Waals surface area contributed by atoms with Crippen molar-refractivity contribution < 1.29 is 13.5 Å². The minimum absolute atomic E-state index is 0.516. The lowest BCUT2D eigenvalue weighted by atomic mass is 10.3. The summed E-state index contributed by atoms with van der Waals surface area (Å²) < 4.78 is 20.6. The molecule has 0 unspecified atom stereocenters. The van der Waals surface area contributed by atoms with Gasteiger partial charge in [-0.05, 0) is 12.5 Å². The molecule has 0 aromatic carbocycles. The first kappa shape index (κ1) is 9.45. The molecule has 0 atom stereocenters. The summed E-state index contributed by atoms with van der Waals surface area (Å²) in [4.78, 5) is 0. The molecule has 0 aliphatic carbocycles. The van der Waals surface area contributed by atoms with E-state index in [9.17, 15) is 8.42 Å². The van der Waals surface area contributed by atoms with Crippen molar-refractivity contribution in [2.24, 2.45) is 5.14 Å². The van der Waals surface area contributed by atoms with Crippen LogP contribution in [-0.2, 0) is 10.0 Å². The van der Waals surface area contributed by atoms with Gasteiger partial charge in [-0.15, -0.1) is 0 Å². The van der Waals surface area contributed by atoms with Gasteiger partial charge in [0.2, 0.25) is 5.09 Å². The van der Waals surface area contributed by atoms with Gasteiger partial charge in [0.05, 0.1) is 0 Å². The van der Waals surface area contributed by atoms with Gasteiger partial charge < -0.3 is 5.11 Å². The molecule has 3 N–H and O–H groups in total. The van der Waals surface area contributed by atoms with Crippen LogP contribution in [0.2, 0.25) is 0 Å². The first-order valence-electron chi connectivity index (χ1n) is 2.90. The molecule has 0 radical (unpaired) electrons. The third kappa shape index (κ3) is 3.47. The summed E-state index contributed by atoms with van der Waals surface area (Å²) >= 11 is 0. The summed E-state index contributed by atoms with van der Waals surface area (Å²) in [5.41, 5.74) is 0. The summed E-state index contributed by atoms with van der Waals surface area (Å²) in [6.07, 6.45) is 2.48. The number of rotatable bonds is 3. The predicted octanol–water partition coefficient (Wildman–Crippen LogP) is 0.474. The Bertz CT molecular complexity index is 217. The van der Waals surface area contributed by atoms with Crippen LogP contribution in [-0.4, -0.2) is 13.5 Å². The van der Waals surface area contributed by atoms with Crippen LogP contribution in [0.3, 0.4) is 0 Å². The second-order valence-corrected chi connectivity index (χ2v) is 3.38. The zero-order valence-electron chi connectivity index (χ0n) is 5.74. The summed E-state index contributed by atoms with van der Waals surface area (Å²) in [5.74, 6) is 0. The van der Waals surface area contributed by atoms with Crippen molar-refractivity contribution >= 4 is 10.0 Å². The van der Waals surface area contributed by atoms with E-state index in [0.717, 1.165) is 6.42 Å². The van der Waals surface area contributed by atoms with E-state index >= 15 is 0 Å². The van der Waals surface area contributed by atoms with Gasteiger partial charge in [0, 0.05) is 0 Å². The van der Waals surface area contributed by atoms with E-state index in [1.165, 1.54) is 6.08 Å². The molecule has 0 aromatic rings. The van der Waals surface area contributed by atoms with Crippen molar-refractivity contribution in [3.63, 3.8) is 0 Å². The summed E-state index contributed by atoms with van der Waals surface area (Å²) in [7, 11) is -3.86. The standard InChI is InChI=1S/C5H11NO3S/c1-2-3-4-5(7)10(6,8)9/h4,7H,2-3H2,1H3,(H2,6,8,9)/b5-4-. The third-order valence-electron chi connectivity index (χ3n) is 0.899. The van der Waals surface area contributed by atoms with Crippen LogP contribution in [0, 0.1) is 0 Å². The maximum atomic E-state index is 10.3. The Morgan fingerprint density at radius 2 is 2.20 bits per heavy atom. The van der Waals surface area contributed by atoms with Crippen molar-refractivity contribution in [3.05, 3.63) is 11.2 Å². The molecule has 10 heavy (non-hydrogen) atoms. The van der Waals surface area contributed by atoms with Crippen LogP contribution in [0.1, 0.15) is 19.8 Å². The number of hydrogen-bond acceptors (Lipinski definition) is 3. The molecule has 0 aliphatic rings. The van der Waals surface area contributed by atoms with Crippen molar-refractivity contribution in [1.82, 2.24) is 0 Å². The molecule has 0 bridgehead atoms. The maximum Gasteiger partial charge on any atom is 0.270 e. The van der Waals surface area contributed by atoms with E-state index in [4.69, 9.17) is 5.11 Å². The largest absolute Gasteiger partial charge is 0.498 e. The number of aliphatic hydroxyl groups excluding tert-OH is 1. The number of unbranched alkanes of at least 4 members (excludes halogenated alkanes) is 1. The predicted molar refractivity (Wildman–Crippen MR) is 38.7 cm³/mol. The molecule has 0 saturated carbocycles. The van der Waals surface area contributed by atoms with Crippen molar-refractivity contribution in [1.29, 1.82) is 0 Å².